The van der Waals surface area contributed by atoms with E-state index >= 15 is 0 Å². The van der Waals surface area contributed by atoms with Crippen LogP contribution >= 0.6 is 0 Å². The molecular weight excluding hydrogens is 190 g/mol. The molecule has 2 aromatic rings. The number of nitrogens with zero attached hydrogens (tertiary/aromatic N) is 1. The molecule has 15 heavy (non-hydrogen) atoms. The number of aryl methyl sites for hydroxylation is 1. The summed E-state index contributed by atoms with van der Waals surface area (Å²) in [6.07, 6.45) is 1.50. The van der Waals surface area contributed by atoms with Crippen molar-refractivity contribution in [2.75, 3.05) is 0 Å². The Bertz CT molecular complexity index is 483. The molecule has 76 valence electrons. The van der Waals surface area contributed by atoms with Crippen molar-refractivity contribution < 1.29 is 9.32 Å². The number of hydrogen-bond acceptors (Lipinski definition) is 3. The Morgan fingerprint density at radius 2 is 1.93 bits per heavy atom. The lowest BCUT2D eigenvalue weighted by Gasteiger charge is -1.98. The lowest BCUT2D eigenvalue weighted by Crippen LogP contribution is -1.94. The van der Waals surface area contributed by atoms with Gasteiger partial charge in [0, 0.05) is 6.92 Å². The summed E-state index contributed by atoms with van der Waals surface area (Å²) in [6, 6.07) is 7.89. The third-order valence-electron chi connectivity index (χ3n) is 2.27. The van der Waals surface area contributed by atoms with E-state index in [0.717, 1.165) is 11.1 Å². The van der Waals surface area contributed by atoms with Crippen LogP contribution in [-0.2, 0) is 0 Å². The second kappa shape index (κ2) is 3.69. The van der Waals surface area contributed by atoms with Gasteiger partial charge in [-0.15, -0.1) is 0 Å². The van der Waals surface area contributed by atoms with Gasteiger partial charge in [-0.3, -0.25) is 4.79 Å². The molecule has 0 saturated heterocycles. The summed E-state index contributed by atoms with van der Waals surface area (Å²) >= 11 is 0. The first-order chi connectivity index (χ1) is 7.18. The first-order valence-electron chi connectivity index (χ1n) is 4.71. The van der Waals surface area contributed by atoms with Gasteiger partial charge in [-0.1, -0.05) is 35.0 Å². The van der Waals surface area contributed by atoms with E-state index in [9.17, 15) is 4.79 Å². The number of carbonyl (C=O) groups excluding carboxylic acids is 1. The number of benzene rings is 1. The van der Waals surface area contributed by atoms with Crippen molar-refractivity contribution >= 4 is 5.78 Å². The van der Waals surface area contributed by atoms with Crippen LogP contribution in [0.3, 0.4) is 0 Å². The molecule has 0 unspecified atom stereocenters. The quantitative estimate of drug-likeness (QED) is 0.701. The topological polar surface area (TPSA) is 43.1 Å². The van der Waals surface area contributed by atoms with Crippen molar-refractivity contribution in [3.63, 3.8) is 0 Å². The molecule has 0 fully saturated rings. The van der Waals surface area contributed by atoms with Crippen LogP contribution in [0.4, 0.5) is 0 Å². The highest BCUT2D eigenvalue weighted by molar-refractivity contribution is 5.98. The molecule has 0 aliphatic carbocycles. The van der Waals surface area contributed by atoms with E-state index in [4.69, 9.17) is 4.52 Å². The number of aromatic nitrogens is 1. The zero-order valence-corrected chi connectivity index (χ0v) is 8.65. The third-order valence-corrected chi connectivity index (χ3v) is 2.27. The van der Waals surface area contributed by atoms with Gasteiger partial charge >= 0.3 is 0 Å². The average Bonchev–Trinajstić information content (AvgIpc) is 2.67. The Balaban J connectivity index is 2.49. The Labute approximate surface area is 87.7 Å². The average molecular weight is 201 g/mol. The Hall–Kier alpha value is -1.90. The molecule has 0 saturated carbocycles. The summed E-state index contributed by atoms with van der Waals surface area (Å²) in [7, 11) is 0. The molecule has 1 heterocycles. The van der Waals surface area contributed by atoms with Crippen LogP contribution in [0.2, 0.25) is 0 Å². The van der Waals surface area contributed by atoms with Crippen LogP contribution in [0.25, 0.3) is 11.1 Å². The van der Waals surface area contributed by atoms with Crippen molar-refractivity contribution in [1.29, 1.82) is 0 Å². The molecule has 3 heteroatoms. The number of carbonyl (C=O) groups is 1. The summed E-state index contributed by atoms with van der Waals surface area (Å²) in [6.45, 7) is 3.50. The van der Waals surface area contributed by atoms with E-state index in [1.807, 2.05) is 31.2 Å². The molecule has 0 aliphatic rings. The molecular formula is C12H11NO2. The molecule has 0 aliphatic heterocycles. The molecule has 0 bridgehead atoms. The number of ketones is 1. The number of hydrogen-bond donors (Lipinski definition) is 0. The zero-order chi connectivity index (χ0) is 10.8. The van der Waals surface area contributed by atoms with Crippen LogP contribution in [-0.4, -0.2) is 10.9 Å². The monoisotopic (exact) mass is 201 g/mol. The molecule has 0 atom stereocenters. The highest BCUT2D eigenvalue weighted by Gasteiger charge is 2.13. The Morgan fingerprint density at radius 3 is 2.53 bits per heavy atom. The summed E-state index contributed by atoms with van der Waals surface area (Å²) in [4.78, 5) is 11.2. The summed E-state index contributed by atoms with van der Waals surface area (Å²) in [5.74, 6) is -0.0840. The van der Waals surface area contributed by atoms with Crippen LogP contribution < -0.4 is 0 Å². The van der Waals surface area contributed by atoms with Gasteiger partial charge in [0.1, 0.15) is 6.26 Å². The number of Topliss-reactive ketones (excluding diaryl/α,β-unsaturated/α-hetero) is 1. The molecule has 3 nitrogen and oxygen atoms in total. The lowest BCUT2D eigenvalue weighted by molar-refractivity contribution is 0.101. The summed E-state index contributed by atoms with van der Waals surface area (Å²) in [5.41, 5.74) is 3.27. The van der Waals surface area contributed by atoms with E-state index in [1.165, 1.54) is 18.8 Å². The van der Waals surface area contributed by atoms with Crippen molar-refractivity contribution in [3.8, 4) is 11.1 Å². The van der Waals surface area contributed by atoms with Gasteiger partial charge in [-0.2, -0.15) is 0 Å². The maximum Gasteiger partial charge on any atom is 0.182 e. The van der Waals surface area contributed by atoms with Crippen molar-refractivity contribution in [2.24, 2.45) is 0 Å². The maximum atomic E-state index is 11.2. The van der Waals surface area contributed by atoms with Gasteiger partial charge in [0.15, 0.2) is 11.5 Å². The van der Waals surface area contributed by atoms with Crippen LogP contribution in [0.1, 0.15) is 23.0 Å². The second-order valence-electron chi connectivity index (χ2n) is 3.50. The highest BCUT2D eigenvalue weighted by atomic mass is 16.5. The third kappa shape index (κ3) is 1.81. The number of rotatable bonds is 2. The van der Waals surface area contributed by atoms with Crippen molar-refractivity contribution in [3.05, 3.63) is 41.8 Å². The van der Waals surface area contributed by atoms with Crippen molar-refractivity contribution in [1.82, 2.24) is 5.16 Å². The molecule has 0 amide bonds. The van der Waals surface area contributed by atoms with Crippen molar-refractivity contribution in [2.45, 2.75) is 13.8 Å². The summed E-state index contributed by atoms with van der Waals surface area (Å²) < 4.78 is 4.82. The fourth-order valence-corrected chi connectivity index (χ4v) is 1.43. The van der Waals surface area contributed by atoms with E-state index in [1.54, 1.807) is 0 Å². The molecule has 0 N–H and O–H groups in total. The van der Waals surface area contributed by atoms with Gasteiger partial charge in [0.25, 0.3) is 0 Å². The lowest BCUT2D eigenvalue weighted by atomic mass is 10.0. The summed E-state index contributed by atoms with van der Waals surface area (Å²) in [5, 5.41) is 3.69. The van der Waals surface area contributed by atoms with Crippen LogP contribution in [0.5, 0.6) is 0 Å². The standard InChI is InChI=1S/C12H11NO2/c1-8-3-5-10(6-4-8)11-7-15-13-12(11)9(2)14/h3-7H,1-2H3. The molecule has 1 aromatic carbocycles. The predicted molar refractivity (Wildman–Crippen MR) is 56.7 cm³/mol. The highest BCUT2D eigenvalue weighted by Crippen LogP contribution is 2.23. The molecule has 0 radical (unpaired) electrons. The SMILES string of the molecule is CC(=O)c1nocc1-c1ccc(C)cc1. The predicted octanol–water partition coefficient (Wildman–Crippen LogP) is 2.85. The van der Waals surface area contributed by atoms with E-state index in [-0.39, 0.29) is 5.78 Å². The smallest absolute Gasteiger partial charge is 0.182 e. The largest absolute Gasteiger partial charge is 0.363 e. The fourth-order valence-electron chi connectivity index (χ4n) is 1.43. The minimum absolute atomic E-state index is 0.0840. The minimum atomic E-state index is -0.0840. The van der Waals surface area contributed by atoms with Gasteiger partial charge in [-0.25, -0.2) is 0 Å². The van der Waals surface area contributed by atoms with Crippen LogP contribution in [0, 0.1) is 6.92 Å². The second-order valence-corrected chi connectivity index (χ2v) is 3.50. The fraction of sp³-hybridized carbons (Fsp3) is 0.167. The van der Waals surface area contributed by atoms with Gasteiger partial charge in [0.2, 0.25) is 0 Å². The maximum absolute atomic E-state index is 11.2. The Kier molecular flexibility index (Phi) is 2.37. The first-order valence-corrected chi connectivity index (χ1v) is 4.71. The minimum Gasteiger partial charge on any atom is -0.363 e. The molecule has 2 rings (SSSR count). The van der Waals surface area contributed by atoms with Gasteiger partial charge < -0.3 is 4.52 Å². The van der Waals surface area contributed by atoms with E-state index in [0.29, 0.717) is 5.69 Å². The first kappa shape index (κ1) is 9.65. The van der Waals surface area contributed by atoms with Gasteiger partial charge in [-0.05, 0) is 12.5 Å². The van der Waals surface area contributed by atoms with Crippen LogP contribution in [0.15, 0.2) is 35.1 Å². The van der Waals surface area contributed by atoms with E-state index in [2.05, 4.69) is 5.16 Å². The van der Waals surface area contributed by atoms with E-state index < -0.39 is 0 Å². The van der Waals surface area contributed by atoms with Gasteiger partial charge in [0.05, 0.1) is 5.56 Å². The Morgan fingerprint density at radius 1 is 1.27 bits per heavy atom. The molecule has 0 spiro atoms. The zero-order valence-electron chi connectivity index (χ0n) is 8.65. The molecule has 1 aromatic heterocycles. The normalized spacial score (nSPS) is 10.3.